The third-order valence-corrected chi connectivity index (χ3v) is 4.52. The third-order valence-electron chi connectivity index (χ3n) is 3.34. The maximum Gasteiger partial charge on any atom is 0.272 e. The molecule has 0 aliphatic carbocycles. The lowest BCUT2D eigenvalue weighted by Crippen LogP contribution is -2.26. The third kappa shape index (κ3) is 2.62. The topological polar surface area (TPSA) is 83.8 Å². The number of nitrogens with zero attached hydrogens (tertiary/aromatic N) is 1. The van der Waals surface area contributed by atoms with E-state index in [2.05, 4.69) is 15.5 Å². The molecule has 0 saturated carbocycles. The number of nitrogens with two attached hydrogens (primary N) is 1. The van der Waals surface area contributed by atoms with Gasteiger partial charge >= 0.3 is 0 Å². The summed E-state index contributed by atoms with van der Waals surface area (Å²) in [4.78, 5) is 14.7. The number of aromatic amines is 1. The summed E-state index contributed by atoms with van der Waals surface area (Å²) in [5.41, 5.74) is 7.56. The van der Waals surface area contributed by atoms with Crippen molar-refractivity contribution in [2.45, 2.75) is 19.9 Å². The largest absolute Gasteiger partial charge is 0.399 e. The number of carbonyl (C=O) groups is 1. The Morgan fingerprint density at radius 3 is 2.90 bits per heavy atom. The number of amides is 1. The van der Waals surface area contributed by atoms with Crippen LogP contribution in [0.4, 0.5) is 5.69 Å². The summed E-state index contributed by atoms with van der Waals surface area (Å²) < 4.78 is 0. The number of hydrogen-bond donors (Lipinski definition) is 3. The molecule has 1 amide bonds. The van der Waals surface area contributed by atoms with Gasteiger partial charge in [-0.2, -0.15) is 5.10 Å². The second-order valence-electron chi connectivity index (χ2n) is 5.02. The van der Waals surface area contributed by atoms with Gasteiger partial charge in [-0.1, -0.05) is 0 Å². The maximum atomic E-state index is 12.4. The Kier molecular flexibility index (Phi) is 3.39. The molecule has 0 saturated heterocycles. The maximum absolute atomic E-state index is 12.4. The highest BCUT2D eigenvalue weighted by Crippen LogP contribution is 2.24. The predicted molar refractivity (Wildman–Crippen MR) is 85.4 cm³/mol. The monoisotopic (exact) mass is 300 g/mol. The second-order valence-corrected chi connectivity index (χ2v) is 6.34. The van der Waals surface area contributed by atoms with Gasteiger partial charge in [0.15, 0.2) is 5.69 Å². The average molecular weight is 300 g/mol. The summed E-state index contributed by atoms with van der Waals surface area (Å²) in [6.07, 6.45) is 0. The van der Waals surface area contributed by atoms with Crippen molar-refractivity contribution in [1.82, 2.24) is 15.5 Å². The highest BCUT2D eigenvalue weighted by Gasteiger charge is 2.17. The van der Waals surface area contributed by atoms with Crippen LogP contribution in [-0.2, 0) is 0 Å². The van der Waals surface area contributed by atoms with Crippen molar-refractivity contribution in [2.24, 2.45) is 0 Å². The molecule has 0 bridgehead atoms. The number of anilines is 1. The molecule has 5 nitrogen and oxygen atoms in total. The van der Waals surface area contributed by atoms with Crippen LogP contribution in [0.5, 0.6) is 0 Å². The number of nitrogens with one attached hydrogen (secondary N) is 2. The summed E-state index contributed by atoms with van der Waals surface area (Å²) in [7, 11) is 0. The first-order valence-corrected chi connectivity index (χ1v) is 7.47. The zero-order valence-electron chi connectivity index (χ0n) is 11.8. The molecule has 2 aromatic heterocycles. The van der Waals surface area contributed by atoms with Crippen molar-refractivity contribution in [2.75, 3.05) is 5.73 Å². The lowest BCUT2D eigenvalue weighted by molar-refractivity contribution is 0.0937. The number of H-pyrrole nitrogens is 1. The van der Waals surface area contributed by atoms with Gasteiger partial charge in [-0.05, 0) is 44.2 Å². The predicted octanol–water partition coefficient (Wildman–Crippen LogP) is 3.01. The van der Waals surface area contributed by atoms with E-state index >= 15 is 0 Å². The number of aromatic nitrogens is 2. The van der Waals surface area contributed by atoms with E-state index in [4.69, 9.17) is 5.73 Å². The SMILES string of the molecule is Cc1ccc(C(C)NC(=O)c2n[nH]c3ccc(N)cc23)s1. The Balaban J connectivity index is 1.85. The molecule has 1 aromatic carbocycles. The first-order valence-electron chi connectivity index (χ1n) is 6.65. The minimum Gasteiger partial charge on any atom is -0.399 e. The lowest BCUT2D eigenvalue weighted by atomic mass is 10.1. The van der Waals surface area contributed by atoms with Crippen molar-refractivity contribution in [1.29, 1.82) is 0 Å². The Hall–Kier alpha value is -2.34. The van der Waals surface area contributed by atoms with Crippen molar-refractivity contribution in [3.05, 3.63) is 45.8 Å². The standard InChI is InChI=1S/C15H16N4OS/c1-8-3-6-13(21-8)9(2)17-15(20)14-11-7-10(16)4-5-12(11)18-19-14/h3-7,9H,16H2,1-2H3,(H,17,20)(H,18,19). The quantitative estimate of drug-likeness (QED) is 0.650. The Labute approximate surface area is 126 Å². The molecule has 0 aliphatic heterocycles. The number of benzene rings is 1. The van der Waals surface area contributed by atoms with Gasteiger partial charge in [0, 0.05) is 20.8 Å². The number of nitrogen functional groups attached to an aromatic ring is 1. The molecule has 4 N–H and O–H groups in total. The summed E-state index contributed by atoms with van der Waals surface area (Å²) >= 11 is 1.68. The minimum atomic E-state index is -0.203. The minimum absolute atomic E-state index is 0.0518. The van der Waals surface area contributed by atoms with E-state index in [0.717, 1.165) is 15.8 Å². The Morgan fingerprint density at radius 2 is 2.19 bits per heavy atom. The van der Waals surface area contributed by atoms with Gasteiger partial charge in [0.2, 0.25) is 0 Å². The van der Waals surface area contributed by atoms with Crippen LogP contribution in [0, 0.1) is 6.92 Å². The van der Waals surface area contributed by atoms with Crippen LogP contribution < -0.4 is 11.1 Å². The fourth-order valence-corrected chi connectivity index (χ4v) is 3.11. The first-order chi connectivity index (χ1) is 10.0. The van der Waals surface area contributed by atoms with Crippen LogP contribution >= 0.6 is 11.3 Å². The molecule has 1 atom stereocenters. The van der Waals surface area contributed by atoms with Gasteiger partial charge in [0.1, 0.15) is 0 Å². The molecule has 21 heavy (non-hydrogen) atoms. The van der Waals surface area contributed by atoms with E-state index < -0.39 is 0 Å². The van der Waals surface area contributed by atoms with Crippen LogP contribution in [0.2, 0.25) is 0 Å². The van der Waals surface area contributed by atoms with Crippen molar-refractivity contribution in [3.63, 3.8) is 0 Å². The number of aryl methyl sites for hydroxylation is 1. The van der Waals surface area contributed by atoms with E-state index in [-0.39, 0.29) is 11.9 Å². The van der Waals surface area contributed by atoms with Gasteiger partial charge in [-0.25, -0.2) is 0 Å². The van der Waals surface area contributed by atoms with Gasteiger partial charge in [-0.3, -0.25) is 9.89 Å². The smallest absolute Gasteiger partial charge is 0.272 e. The van der Waals surface area contributed by atoms with Gasteiger partial charge in [0.05, 0.1) is 11.6 Å². The van der Waals surface area contributed by atoms with E-state index in [9.17, 15) is 4.79 Å². The molecule has 3 aromatic rings. The number of carbonyl (C=O) groups excluding carboxylic acids is 1. The molecule has 0 spiro atoms. The van der Waals surface area contributed by atoms with E-state index in [1.54, 1.807) is 23.5 Å². The van der Waals surface area contributed by atoms with Crippen molar-refractivity contribution in [3.8, 4) is 0 Å². The summed E-state index contributed by atoms with van der Waals surface area (Å²) in [6.45, 7) is 4.01. The second kappa shape index (κ2) is 5.21. The van der Waals surface area contributed by atoms with Crippen LogP contribution in [0.3, 0.4) is 0 Å². The summed E-state index contributed by atoms with van der Waals surface area (Å²) in [6, 6.07) is 9.39. The number of rotatable bonds is 3. The van der Waals surface area contributed by atoms with E-state index in [0.29, 0.717) is 11.4 Å². The molecule has 2 heterocycles. The zero-order chi connectivity index (χ0) is 15.0. The van der Waals surface area contributed by atoms with E-state index in [1.165, 1.54) is 4.88 Å². The first kappa shape index (κ1) is 13.6. The Morgan fingerprint density at radius 1 is 1.38 bits per heavy atom. The van der Waals surface area contributed by atoms with Crippen molar-refractivity contribution < 1.29 is 4.79 Å². The van der Waals surface area contributed by atoms with Gasteiger partial charge in [-0.15, -0.1) is 11.3 Å². The highest BCUT2D eigenvalue weighted by atomic mass is 32.1. The normalized spacial score (nSPS) is 12.5. The van der Waals surface area contributed by atoms with Crippen LogP contribution in [0.1, 0.15) is 33.2 Å². The molecule has 0 aliphatic rings. The van der Waals surface area contributed by atoms with Crippen LogP contribution in [0.25, 0.3) is 10.9 Å². The molecule has 108 valence electrons. The van der Waals surface area contributed by atoms with Gasteiger partial charge in [0.25, 0.3) is 5.91 Å². The fourth-order valence-electron chi connectivity index (χ4n) is 2.23. The van der Waals surface area contributed by atoms with E-state index in [1.807, 2.05) is 32.0 Å². The molecule has 0 radical (unpaired) electrons. The number of thiophene rings is 1. The van der Waals surface area contributed by atoms with Crippen molar-refractivity contribution >= 4 is 33.8 Å². The number of fused-ring (bicyclic) bond motifs is 1. The van der Waals surface area contributed by atoms with Crippen LogP contribution in [0.15, 0.2) is 30.3 Å². The molecular weight excluding hydrogens is 284 g/mol. The number of hydrogen-bond acceptors (Lipinski definition) is 4. The Bertz CT molecular complexity index is 805. The zero-order valence-corrected chi connectivity index (χ0v) is 12.6. The van der Waals surface area contributed by atoms with Gasteiger partial charge < -0.3 is 11.1 Å². The fraction of sp³-hybridized carbons (Fsp3) is 0.200. The molecule has 6 heteroatoms. The summed E-state index contributed by atoms with van der Waals surface area (Å²) in [5, 5.41) is 10.7. The molecule has 0 fully saturated rings. The van der Waals surface area contributed by atoms with Crippen LogP contribution in [-0.4, -0.2) is 16.1 Å². The lowest BCUT2D eigenvalue weighted by Gasteiger charge is -2.11. The highest BCUT2D eigenvalue weighted by molar-refractivity contribution is 7.12. The molecule has 3 rings (SSSR count). The average Bonchev–Trinajstić information content (AvgIpc) is 3.04. The summed E-state index contributed by atoms with van der Waals surface area (Å²) in [5.74, 6) is -0.203. The molecule has 1 unspecified atom stereocenters. The molecular formula is C15H16N4OS.